The van der Waals surface area contributed by atoms with Crippen molar-refractivity contribution in [3.05, 3.63) is 47.3 Å². The molecule has 90 valence electrons. The minimum Gasteiger partial charge on any atom is -0.396 e. The van der Waals surface area contributed by atoms with Crippen LogP contribution in [0, 0.1) is 13.8 Å². The van der Waals surface area contributed by atoms with Gasteiger partial charge in [-0.2, -0.15) is 5.10 Å². The van der Waals surface area contributed by atoms with Gasteiger partial charge in [-0.15, -0.1) is 0 Å². The normalized spacial score (nSPS) is 10.7. The summed E-state index contributed by atoms with van der Waals surface area (Å²) in [5.41, 5.74) is 9.55. The number of aromatic nitrogens is 2. The summed E-state index contributed by atoms with van der Waals surface area (Å²) in [6, 6.07) is 10.1. The quantitative estimate of drug-likeness (QED) is 0.878. The van der Waals surface area contributed by atoms with Crippen molar-refractivity contribution in [3.8, 4) is 0 Å². The summed E-state index contributed by atoms with van der Waals surface area (Å²) in [4.78, 5) is 0. The molecule has 0 bridgehead atoms. The first-order valence-corrected chi connectivity index (χ1v) is 5.59. The van der Waals surface area contributed by atoms with Crippen LogP contribution in [0.2, 0.25) is 0 Å². The van der Waals surface area contributed by atoms with Gasteiger partial charge in [0.05, 0.1) is 23.7 Å². The van der Waals surface area contributed by atoms with E-state index in [0.717, 1.165) is 22.6 Å². The van der Waals surface area contributed by atoms with Gasteiger partial charge in [-0.3, -0.25) is 0 Å². The summed E-state index contributed by atoms with van der Waals surface area (Å²) in [6.07, 6.45) is 0. The highest BCUT2D eigenvalue weighted by molar-refractivity contribution is 5.46. The van der Waals surface area contributed by atoms with Gasteiger partial charge in [0.1, 0.15) is 6.73 Å². The zero-order valence-corrected chi connectivity index (χ0v) is 10.2. The molecule has 4 nitrogen and oxygen atoms in total. The van der Waals surface area contributed by atoms with E-state index in [1.807, 2.05) is 44.2 Å². The van der Waals surface area contributed by atoms with E-state index in [9.17, 15) is 0 Å². The molecule has 1 aromatic heterocycles. The van der Waals surface area contributed by atoms with Gasteiger partial charge >= 0.3 is 0 Å². The van der Waals surface area contributed by atoms with Crippen LogP contribution in [0.4, 0.5) is 5.69 Å². The molecule has 1 heterocycles. The zero-order valence-electron chi connectivity index (χ0n) is 10.2. The Labute approximate surface area is 101 Å². The summed E-state index contributed by atoms with van der Waals surface area (Å²) < 4.78 is 7.39. The molecule has 4 heteroatoms. The number of ether oxygens (including phenoxy) is 1. The molecule has 2 aromatic rings. The Balaban J connectivity index is 1.92. The summed E-state index contributed by atoms with van der Waals surface area (Å²) in [5.74, 6) is 0. The van der Waals surface area contributed by atoms with Crippen LogP contribution in [0.3, 0.4) is 0 Å². The lowest BCUT2D eigenvalue weighted by atomic mass is 10.2. The standard InChI is InChI=1S/C13H17N3O/c1-10-13(14)11(2)16(15-10)9-17-8-12-6-4-3-5-7-12/h3-7H,8-9,14H2,1-2H3. The molecule has 17 heavy (non-hydrogen) atoms. The van der Waals surface area contributed by atoms with Crippen LogP contribution in [0.5, 0.6) is 0 Å². The topological polar surface area (TPSA) is 53.1 Å². The summed E-state index contributed by atoms with van der Waals surface area (Å²) >= 11 is 0. The van der Waals surface area contributed by atoms with E-state index < -0.39 is 0 Å². The number of aryl methyl sites for hydroxylation is 1. The van der Waals surface area contributed by atoms with E-state index in [1.165, 1.54) is 0 Å². The number of anilines is 1. The second-order valence-corrected chi connectivity index (χ2v) is 4.05. The van der Waals surface area contributed by atoms with Crippen molar-refractivity contribution in [2.24, 2.45) is 0 Å². The second kappa shape index (κ2) is 5.01. The van der Waals surface area contributed by atoms with Crippen LogP contribution in [0.25, 0.3) is 0 Å². The Morgan fingerprint density at radius 2 is 1.94 bits per heavy atom. The van der Waals surface area contributed by atoms with E-state index in [1.54, 1.807) is 4.68 Å². The third kappa shape index (κ3) is 2.65. The van der Waals surface area contributed by atoms with E-state index in [0.29, 0.717) is 13.3 Å². The van der Waals surface area contributed by atoms with Gasteiger partial charge in [-0.05, 0) is 19.4 Å². The molecule has 0 amide bonds. The molecule has 0 saturated carbocycles. The van der Waals surface area contributed by atoms with Crippen molar-refractivity contribution >= 4 is 5.69 Å². The largest absolute Gasteiger partial charge is 0.396 e. The third-order valence-corrected chi connectivity index (χ3v) is 2.76. The SMILES string of the molecule is Cc1nn(COCc2ccccc2)c(C)c1N. The molecule has 2 N–H and O–H groups in total. The van der Waals surface area contributed by atoms with Gasteiger partial charge in [0, 0.05) is 0 Å². The molecule has 0 saturated heterocycles. The molecule has 0 unspecified atom stereocenters. The maximum Gasteiger partial charge on any atom is 0.140 e. The van der Waals surface area contributed by atoms with Crippen molar-refractivity contribution in [2.45, 2.75) is 27.2 Å². The van der Waals surface area contributed by atoms with Crippen molar-refractivity contribution < 1.29 is 4.74 Å². The van der Waals surface area contributed by atoms with Gasteiger partial charge in [0.15, 0.2) is 0 Å². The number of benzene rings is 1. The molecular weight excluding hydrogens is 214 g/mol. The lowest BCUT2D eigenvalue weighted by molar-refractivity contribution is 0.0547. The van der Waals surface area contributed by atoms with Crippen LogP contribution in [0.15, 0.2) is 30.3 Å². The monoisotopic (exact) mass is 231 g/mol. The first-order chi connectivity index (χ1) is 8.18. The lowest BCUT2D eigenvalue weighted by Gasteiger charge is -2.06. The molecule has 0 spiro atoms. The van der Waals surface area contributed by atoms with Crippen LogP contribution in [-0.4, -0.2) is 9.78 Å². The molecule has 0 aliphatic carbocycles. The van der Waals surface area contributed by atoms with Gasteiger partial charge in [0.2, 0.25) is 0 Å². The Hall–Kier alpha value is -1.81. The second-order valence-electron chi connectivity index (χ2n) is 4.05. The number of hydrogen-bond acceptors (Lipinski definition) is 3. The Bertz CT molecular complexity index is 491. The Kier molecular flexibility index (Phi) is 3.44. The molecule has 0 aliphatic rings. The van der Waals surface area contributed by atoms with Crippen LogP contribution >= 0.6 is 0 Å². The first kappa shape index (κ1) is 11.7. The predicted octanol–water partition coefficient (Wildman–Crippen LogP) is 2.26. The Morgan fingerprint density at radius 1 is 1.24 bits per heavy atom. The van der Waals surface area contributed by atoms with E-state index in [-0.39, 0.29) is 0 Å². The number of nitrogens with two attached hydrogens (primary N) is 1. The number of hydrogen-bond donors (Lipinski definition) is 1. The van der Waals surface area contributed by atoms with E-state index >= 15 is 0 Å². The van der Waals surface area contributed by atoms with Crippen LogP contribution < -0.4 is 5.73 Å². The van der Waals surface area contributed by atoms with E-state index in [2.05, 4.69) is 5.10 Å². The molecule has 0 aliphatic heterocycles. The maximum atomic E-state index is 5.85. The summed E-state index contributed by atoms with van der Waals surface area (Å²) in [7, 11) is 0. The van der Waals surface area contributed by atoms with Gasteiger partial charge < -0.3 is 10.5 Å². The van der Waals surface area contributed by atoms with E-state index in [4.69, 9.17) is 10.5 Å². The Morgan fingerprint density at radius 3 is 2.53 bits per heavy atom. The summed E-state index contributed by atoms with van der Waals surface area (Å²) in [6.45, 7) is 4.86. The number of nitrogen functional groups attached to an aromatic ring is 1. The molecule has 0 atom stereocenters. The van der Waals surface area contributed by atoms with Gasteiger partial charge in [-0.1, -0.05) is 30.3 Å². The summed E-state index contributed by atoms with van der Waals surface area (Å²) in [5, 5.41) is 4.31. The minimum absolute atomic E-state index is 0.429. The average molecular weight is 231 g/mol. The van der Waals surface area contributed by atoms with Crippen molar-refractivity contribution in [1.82, 2.24) is 9.78 Å². The van der Waals surface area contributed by atoms with Crippen molar-refractivity contribution in [3.63, 3.8) is 0 Å². The molecule has 2 rings (SSSR count). The predicted molar refractivity (Wildman–Crippen MR) is 67.3 cm³/mol. The van der Waals surface area contributed by atoms with Crippen LogP contribution in [-0.2, 0) is 18.1 Å². The number of nitrogens with zero attached hydrogens (tertiary/aromatic N) is 2. The molecular formula is C13H17N3O. The minimum atomic E-state index is 0.429. The maximum absolute atomic E-state index is 5.85. The zero-order chi connectivity index (χ0) is 12.3. The van der Waals surface area contributed by atoms with Crippen molar-refractivity contribution in [2.75, 3.05) is 5.73 Å². The highest BCUT2D eigenvalue weighted by Crippen LogP contribution is 2.14. The highest BCUT2D eigenvalue weighted by Gasteiger charge is 2.07. The lowest BCUT2D eigenvalue weighted by Crippen LogP contribution is -2.06. The average Bonchev–Trinajstić information content (AvgIpc) is 2.59. The van der Waals surface area contributed by atoms with Crippen LogP contribution in [0.1, 0.15) is 17.0 Å². The number of rotatable bonds is 4. The van der Waals surface area contributed by atoms with Crippen molar-refractivity contribution in [1.29, 1.82) is 0 Å². The molecule has 0 radical (unpaired) electrons. The smallest absolute Gasteiger partial charge is 0.140 e. The third-order valence-electron chi connectivity index (χ3n) is 2.76. The van der Waals surface area contributed by atoms with Gasteiger partial charge in [-0.25, -0.2) is 4.68 Å². The molecule has 1 aromatic carbocycles. The van der Waals surface area contributed by atoms with Gasteiger partial charge in [0.25, 0.3) is 0 Å². The fourth-order valence-corrected chi connectivity index (χ4v) is 1.66. The molecule has 0 fully saturated rings. The highest BCUT2D eigenvalue weighted by atomic mass is 16.5. The first-order valence-electron chi connectivity index (χ1n) is 5.59. The fourth-order valence-electron chi connectivity index (χ4n) is 1.66. The fraction of sp³-hybridized carbons (Fsp3) is 0.308.